The molecule has 0 aliphatic carbocycles. The summed E-state index contributed by atoms with van der Waals surface area (Å²) in [6.45, 7) is 1.99. The van der Waals surface area contributed by atoms with Gasteiger partial charge in [0.15, 0.2) is 0 Å². The number of esters is 2. The molecule has 0 saturated carbocycles. The van der Waals surface area contributed by atoms with Crippen LogP contribution in [0.2, 0.25) is 0 Å². The molecule has 1 aliphatic heterocycles. The maximum atomic E-state index is 12.8. The quantitative estimate of drug-likeness (QED) is 0.530. The van der Waals surface area contributed by atoms with Crippen molar-refractivity contribution < 1.29 is 27.5 Å². The predicted octanol–water partition coefficient (Wildman–Crippen LogP) is 2.76. The number of benzene rings is 2. The van der Waals surface area contributed by atoms with E-state index >= 15 is 0 Å². The van der Waals surface area contributed by atoms with Crippen LogP contribution in [-0.2, 0) is 31.0 Å². The fourth-order valence-electron chi connectivity index (χ4n) is 3.17. The molecule has 2 aromatic rings. The molecule has 0 amide bonds. The van der Waals surface area contributed by atoms with Crippen LogP contribution in [0.3, 0.4) is 0 Å². The van der Waals surface area contributed by atoms with E-state index in [1.807, 2.05) is 30.3 Å². The van der Waals surface area contributed by atoms with Gasteiger partial charge in [-0.15, -0.1) is 0 Å². The number of nitrogens with zero attached hydrogens (tertiary/aromatic N) is 1. The van der Waals surface area contributed by atoms with Gasteiger partial charge in [-0.05, 0) is 42.7 Å². The number of hydrogen-bond donors (Lipinski definition) is 0. The van der Waals surface area contributed by atoms with E-state index in [0.717, 1.165) is 5.56 Å². The molecule has 8 heteroatoms. The zero-order chi connectivity index (χ0) is 20.9. The number of piperidine rings is 1. The second kappa shape index (κ2) is 9.19. The summed E-state index contributed by atoms with van der Waals surface area (Å²) >= 11 is 0. The summed E-state index contributed by atoms with van der Waals surface area (Å²) in [6.07, 6.45) is 0.830. The summed E-state index contributed by atoms with van der Waals surface area (Å²) in [4.78, 5) is 23.4. The molecule has 0 spiro atoms. The van der Waals surface area contributed by atoms with E-state index < -0.39 is 16.0 Å². The van der Waals surface area contributed by atoms with E-state index in [9.17, 15) is 18.0 Å². The summed E-state index contributed by atoms with van der Waals surface area (Å²) < 4.78 is 37.3. The van der Waals surface area contributed by atoms with Gasteiger partial charge in [-0.3, -0.25) is 9.59 Å². The molecule has 0 atom stereocenters. The smallest absolute Gasteiger partial charge is 0.309 e. The Hall–Kier alpha value is -2.71. The van der Waals surface area contributed by atoms with Gasteiger partial charge in [0.2, 0.25) is 10.0 Å². The van der Waals surface area contributed by atoms with Crippen molar-refractivity contribution in [2.45, 2.75) is 31.3 Å². The first-order chi connectivity index (χ1) is 13.9. The molecular formula is C21H23NO6S. The largest absolute Gasteiger partial charge is 0.461 e. The predicted molar refractivity (Wildman–Crippen MR) is 105 cm³/mol. The minimum absolute atomic E-state index is 0.124. The van der Waals surface area contributed by atoms with Crippen molar-refractivity contribution in [3.8, 4) is 5.75 Å². The lowest BCUT2D eigenvalue weighted by Crippen LogP contribution is -2.40. The molecule has 7 nitrogen and oxygen atoms in total. The Morgan fingerprint density at radius 1 is 1.00 bits per heavy atom. The lowest BCUT2D eigenvalue weighted by Gasteiger charge is -2.30. The summed E-state index contributed by atoms with van der Waals surface area (Å²) in [5.74, 6) is -0.786. The third-order valence-electron chi connectivity index (χ3n) is 4.73. The molecule has 1 heterocycles. The zero-order valence-electron chi connectivity index (χ0n) is 16.1. The molecule has 0 bridgehead atoms. The van der Waals surface area contributed by atoms with E-state index in [4.69, 9.17) is 9.47 Å². The third-order valence-corrected chi connectivity index (χ3v) is 6.65. The molecule has 154 valence electrons. The molecule has 0 unspecified atom stereocenters. The number of rotatable bonds is 6. The standard InChI is InChI=1S/C21H23NO6S/c1-16(23)28-19-7-9-20(10-8-19)29(25,26)22-13-11-18(12-14-22)21(24)27-15-17-5-3-2-4-6-17/h2-10,18H,11-15H2,1H3. The molecule has 1 fully saturated rings. The number of carbonyl (C=O) groups is 2. The van der Waals surface area contributed by atoms with E-state index in [2.05, 4.69) is 0 Å². The second-order valence-electron chi connectivity index (χ2n) is 6.84. The van der Waals surface area contributed by atoms with Crippen LogP contribution >= 0.6 is 0 Å². The van der Waals surface area contributed by atoms with Crippen LogP contribution in [0.25, 0.3) is 0 Å². The number of carbonyl (C=O) groups excluding carboxylic acids is 2. The topological polar surface area (TPSA) is 90.0 Å². The Morgan fingerprint density at radius 3 is 2.21 bits per heavy atom. The van der Waals surface area contributed by atoms with Crippen molar-refractivity contribution in [1.29, 1.82) is 0 Å². The maximum absolute atomic E-state index is 12.8. The monoisotopic (exact) mass is 417 g/mol. The Bertz CT molecular complexity index is 948. The third kappa shape index (κ3) is 5.42. The lowest BCUT2D eigenvalue weighted by molar-refractivity contribution is -0.151. The van der Waals surface area contributed by atoms with Crippen molar-refractivity contribution in [1.82, 2.24) is 4.31 Å². The summed E-state index contributed by atoms with van der Waals surface area (Å²) in [7, 11) is -3.67. The van der Waals surface area contributed by atoms with Crippen molar-refractivity contribution in [3.63, 3.8) is 0 Å². The molecule has 2 aromatic carbocycles. The van der Waals surface area contributed by atoms with E-state index in [-0.39, 0.29) is 42.2 Å². The Labute approximate surface area is 170 Å². The van der Waals surface area contributed by atoms with E-state index in [1.165, 1.54) is 35.5 Å². The second-order valence-corrected chi connectivity index (χ2v) is 8.77. The molecule has 29 heavy (non-hydrogen) atoms. The van der Waals surface area contributed by atoms with Crippen LogP contribution in [0.4, 0.5) is 0 Å². The summed E-state index contributed by atoms with van der Waals surface area (Å²) in [5.41, 5.74) is 0.915. The first kappa shape index (κ1) is 21.0. The van der Waals surface area contributed by atoms with Crippen LogP contribution in [0, 0.1) is 5.92 Å². The first-order valence-electron chi connectivity index (χ1n) is 9.35. The highest BCUT2D eigenvalue weighted by molar-refractivity contribution is 7.89. The normalized spacial score (nSPS) is 15.6. The Morgan fingerprint density at radius 2 is 1.62 bits per heavy atom. The fraction of sp³-hybridized carbons (Fsp3) is 0.333. The molecule has 0 aromatic heterocycles. The van der Waals surface area contributed by atoms with Crippen molar-refractivity contribution in [2.75, 3.05) is 13.1 Å². The van der Waals surface area contributed by atoms with Gasteiger partial charge in [0, 0.05) is 20.0 Å². The molecule has 0 N–H and O–H groups in total. The molecule has 3 rings (SSSR count). The van der Waals surface area contributed by atoms with Crippen LogP contribution in [0.15, 0.2) is 59.5 Å². The van der Waals surface area contributed by atoms with Crippen molar-refractivity contribution in [2.24, 2.45) is 5.92 Å². The Balaban J connectivity index is 1.55. The van der Waals surface area contributed by atoms with E-state index in [1.54, 1.807) is 0 Å². The number of hydrogen-bond acceptors (Lipinski definition) is 6. The first-order valence-corrected chi connectivity index (χ1v) is 10.8. The van der Waals surface area contributed by atoms with Crippen LogP contribution < -0.4 is 4.74 Å². The SMILES string of the molecule is CC(=O)Oc1ccc(S(=O)(=O)N2CCC(C(=O)OCc3ccccc3)CC2)cc1. The van der Waals surface area contributed by atoms with E-state index in [0.29, 0.717) is 12.8 Å². The molecule has 1 saturated heterocycles. The van der Waals surface area contributed by atoms with Gasteiger partial charge in [0.25, 0.3) is 0 Å². The van der Waals surface area contributed by atoms with Crippen molar-refractivity contribution >= 4 is 22.0 Å². The van der Waals surface area contributed by atoms with Crippen LogP contribution in [-0.4, -0.2) is 37.8 Å². The number of sulfonamides is 1. The van der Waals surface area contributed by atoms with Gasteiger partial charge in [0.1, 0.15) is 12.4 Å². The average molecular weight is 417 g/mol. The summed E-state index contributed by atoms with van der Waals surface area (Å²) in [6, 6.07) is 15.1. The van der Waals surface area contributed by atoms with Gasteiger partial charge < -0.3 is 9.47 Å². The summed E-state index contributed by atoms with van der Waals surface area (Å²) in [5, 5.41) is 0. The highest BCUT2D eigenvalue weighted by atomic mass is 32.2. The Kier molecular flexibility index (Phi) is 6.66. The highest BCUT2D eigenvalue weighted by Gasteiger charge is 2.32. The minimum atomic E-state index is -3.67. The maximum Gasteiger partial charge on any atom is 0.309 e. The minimum Gasteiger partial charge on any atom is -0.461 e. The molecular weight excluding hydrogens is 394 g/mol. The van der Waals surface area contributed by atoms with Gasteiger partial charge in [0.05, 0.1) is 10.8 Å². The van der Waals surface area contributed by atoms with Gasteiger partial charge in [-0.25, -0.2) is 8.42 Å². The van der Waals surface area contributed by atoms with Crippen molar-refractivity contribution in [3.05, 3.63) is 60.2 Å². The average Bonchev–Trinajstić information content (AvgIpc) is 2.73. The lowest BCUT2D eigenvalue weighted by atomic mass is 9.98. The molecule has 0 radical (unpaired) electrons. The number of ether oxygens (including phenoxy) is 2. The van der Waals surface area contributed by atoms with Crippen LogP contribution in [0.1, 0.15) is 25.3 Å². The van der Waals surface area contributed by atoms with Gasteiger partial charge in [-0.1, -0.05) is 30.3 Å². The zero-order valence-corrected chi connectivity index (χ0v) is 16.9. The van der Waals surface area contributed by atoms with Crippen LogP contribution in [0.5, 0.6) is 5.75 Å². The molecule has 1 aliphatic rings. The fourth-order valence-corrected chi connectivity index (χ4v) is 4.64. The van der Waals surface area contributed by atoms with Gasteiger partial charge in [-0.2, -0.15) is 4.31 Å². The van der Waals surface area contributed by atoms with Gasteiger partial charge >= 0.3 is 11.9 Å². The highest BCUT2D eigenvalue weighted by Crippen LogP contribution is 2.26.